The fourth-order valence-electron chi connectivity index (χ4n) is 2.85. The Morgan fingerprint density at radius 3 is 2.31 bits per heavy atom. The molecule has 3 rings (SSSR count). The van der Waals surface area contributed by atoms with Gasteiger partial charge in [0.1, 0.15) is 10.7 Å². The standard InChI is InChI=1S/C19H20FN3O2S/c1-14-17(15(2)23(21-14)16-9-5-4-6-10-16)13-22(3)26(24,25)19-12-8-7-11-18(19)20/h4-12H,13H2,1-3H3. The fourth-order valence-corrected chi connectivity index (χ4v) is 4.05. The molecule has 0 fully saturated rings. The highest BCUT2D eigenvalue weighted by atomic mass is 32.2. The largest absolute Gasteiger partial charge is 0.246 e. The third kappa shape index (κ3) is 3.27. The molecule has 5 nitrogen and oxygen atoms in total. The van der Waals surface area contributed by atoms with Crippen molar-refractivity contribution in [2.45, 2.75) is 25.3 Å². The van der Waals surface area contributed by atoms with Gasteiger partial charge in [0.05, 0.1) is 11.4 Å². The van der Waals surface area contributed by atoms with Crippen LogP contribution in [0.25, 0.3) is 5.69 Å². The number of aromatic nitrogens is 2. The molecule has 0 bridgehead atoms. The smallest absolute Gasteiger partial charge is 0.238 e. The van der Waals surface area contributed by atoms with Crippen molar-refractivity contribution in [3.63, 3.8) is 0 Å². The second-order valence-corrected chi connectivity index (χ2v) is 8.10. The van der Waals surface area contributed by atoms with E-state index < -0.39 is 15.8 Å². The zero-order chi connectivity index (χ0) is 18.9. The highest BCUT2D eigenvalue weighted by Crippen LogP contribution is 2.23. The molecular formula is C19H20FN3O2S. The summed E-state index contributed by atoms with van der Waals surface area (Å²) in [4.78, 5) is -0.326. The van der Waals surface area contributed by atoms with Crippen molar-refractivity contribution < 1.29 is 12.8 Å². The second kappa shape index (κ2) is 7.01. The molecule has 2 aromatic carbocycles. The van der Waals surface area contributed by atoms with E-state index in [4.69, 9.17) is 0 Å². The van der Waals surface area contributed by atoms with Crippen molar-refractivity contribution in [3.8, 4) is 5.69 Å². The van der Waals surface area contributed by atoms with Gasteiger partial charge in [0, 0.05) is 24.8 Å². The molecule has 0 aliphatic rings. The predicted molar refractivity (Wildman–Crippen MR) is 98.1 cm³/mol. The van der Waals surface area contributed by atoms with Gasteiger partial charge in [-0.15, -0.1) is 0 Å². The average Bonchev–Trinajstić information content (AvgIpc) is 2.91. The van der Waals surface area contributed by atoms with Crippen LogP contribution in [-0.2, 0) is 16.6 Å². The topological polar surface area (TPSA) is 55.2 Å². The monoisotopic (exact) mass is 373 g/mol. The number of para-hydroxylation sites is 1. The molecule has 0 aliphatic carbocycles. The van der Waals surface area contributed by atoms with Crippen molar-refractivity contribution in [1.29, 1.82) is 0 Å². The highest BCUT2D eigenvalue weighted by molar-refractivity contribution is 7.89. The van der Waals surface area contributed by atoms with Crippen molar-refractivity contribution >= 4 is 10.0 Å². The summed E-state index contributed by atoms with van der Waals surface area (Å²) in [6.45, 7) is 3.85. The van der Waals surface area contributed by atoms with E-state index >= 15 is 0 Å². The zero-order valence-electron chi connectivity index (χ0n) is 14.8. The molecule has 0 N–H and O–H groups in total. The highest BCUT2D eigenvalue weighted by Gasteiger charge is 2.26. The molecule has 0 saturated carbocycles. The van der Waals surface area contributed by atoms with Crippen LogP contribution in [0.4, 0.5) is 4.39 Å². The van der Waals surface area contributed by atoms with Crippen molar-refractivity contribution in [1.82, 2.24) is 14.1 Å². The Morgan fingerprint density at radius 2 is 1.65 bits per heavy atom. The fraction of sp³-hybridized carbons (Fsp3) is 0.211. The summed E-state index contributed by atoms with van der Waals surface area (Å²) in [7, 11) is -2.49. The first-order valence-corrected chi connectivity index (χ1v) is 9.57. The third-order valence-corrected chi connectivity index (χ3v) is 6.18. The summed E-state index contributed by atoms with van der Waals surface area (Å²) in [5, 5.41) is 4.53. The number of halogens is 1. The molecule has 0 aliphatic heterocycles. The average molecular weight is 373 g/mol. The van der Waals surface area contributed by atoms with Crippen LogP contribution in [0.3, 0.4) is 0 Å². The molecule has 3 aromatic rings. The molecule has 136 valence electrons. The second-order valence-electron chi connectivity index (χ2n) is 6.09. The summed E-state index contributed by atoms with van der Waals surface area (Å²) in [6.07, 6.45) is 0. The van der Waals surface area contributed by atoms with Gasteiger partial charge < -0.3 is 0 Å². The molecule has 0 spiro atoms. The molecule has 0 unspecified atom stereocenters. The van der Waals surface area contributed by atoms with Gasteiger partial charge in [0.2, 0.25) is 10.0 Å². The quantitative estimate of drug-likeness (QED) is 0.688. The van der Waals surface area contributed by atoms with Crippen LogP contribution in [0.1, 0.15) is 17.0 Å². The van der Waals surface area contributed by atoms with Crippen LogP contribution in [0, 0.1) is 19.7 Å². The molecule has 1 heterocycles. The van der Waals surface area contributed by atoms with Gasteiger partial charge in [-0.1, -0.05) is 30.3 Å². The lowest BCUT2D eigenvalue weighted by molar-refractivity contribution is 0.458. The Labute approximate surface area is 152 Å². The van der Waals surface area contributed by atoms with Crippen LogP contribution in [0.2, 0.25) is 0 Å². The minimum atomic E-state index is -3.94. The van der Waals surface area contributed by atoms with Gasteiger partial charge >= 0.3 is 0 Å². The van der Waals surface area contributed by atoms with Crippen molar-refractivity contribution in [2.75, 3.05) is 7.05 Å². The lowest BCUT2D eigenvalue weighted by Crippen LogP contribution is -2.27. The Morgan fingerprint density at radius 1 is 1.04 bits per heavy atom. The van der Waals surface area contributed by atoms with Gasteiger partial charge in [0.15, 0.2) is 0 Å². The summed E-state index contributed by atoms with van der Waals surface area (Å²) in [5.41, 5.74) is 3.29. The van der Waals surface area contributed by atoms with E-state index in [2.05, 4.69) is 5.10 Å². The minimum Gasteiger partial charge on any atom is -0.238 e. The van der Waals surface area contributed by atoms with Crippen molar-refractivity contribution in [2.24, 2.45) is 0 Å². The molecule has 0 saturated heterocycles. The Balaban J connectivity index is 1.95. The van der Waals surface area contributed by atoms with E-state index in [1.165, 1.54) is 25.2 Å². The summed E-state index contributed by atoms with van der Waals surface area (Å²) in [5.74, 6) is -0.757. The van der Waals surface area contributed by atoms with Crippen LogP contribution >= 0.6 is 0 Å². The van der Waals surface area contributed by atoms with Crippen LogP contribution in [0.15, 0.2) is 59.5 Å². The molecule has 0 amide bonds. The Kier molecular flexibility index (Phi) is 4.93. The van der Waals surface area contributed by atoms with Crippen molar-refractivity contribution in [3.05, 3.63) is 77.4 Å². The van der Waals surface area contributed by atoms with Gasteiger partial charge in [-0.25, -0.2) is 17.5 Å². The van der Waals surface area contributed by atoms with E-state index in [1.807, 2.05) is 44.2 Å². The first-order valence-electron chi connectivity index (χ1n) is 8.13. The van der Waals surface area contributed by atoms with Gasteiger partial charge in [-0.2, -0.15) is 9.40 Å². The number of hydrogen-bond donors (Lipinski definition) is 0. The Bertz CT molecular complexity index is 1030. The molecule has 0 radical (unpaired) electrons. The summed E-state index contributed by atoms with van der Waals surface area (Å²) in [6, 6.07) is 15.0. The molecule has 1 aromatic heterocycles. The van der Waals surface area contributed by atoms with Crippen LogP contribution in [-0.4, -0.2) is 29.6 Å². The lowest BCUT2D eigenvalue weighted by Gasteiger charge is -2.18. The molecule has 7 heteroatoms. The first-order chi connectivity index (χ1) is 12.3. The SMILES string of the molecule is Cc1nn(-c2ccccc2)c(C)c1CN(C)S(=O)(=O)c1ccccc1F. The number of hydrogen-bond acceptors (Lipinski definition) is 3. The maximum absolute atomic E-state index is 13.9. The minimum absolute atomic E-state index is 0.112. The van der Waals surface area contributed by atoms with Gasteiger partial charge in [0.25, 0.3) is 0 Å². The molecule has 26 heavy (non-hydrogen) atoms. The number of benzene rings is 2. The van der Waals surface area contributed by atoms with E-state index in [0.717, 1.165) is 33.0 Å². The maximum atomic E-state index is 13.9. The summed E-state index contributed by atoms with van der Waals surface area (Å²) < 4.78 is 42.3. The van der Waals surface area contributed by atoms with E-state index in [-0.39, 0.29) is 11.4 Å². The number of aryl methyl sites for hydroxylation is 1. The number of rotatable bonds is 5. The Hall–Kier alpha value is -2.51. The number of sulfonamides is 1. The van der Waals surface area contributed by atoms with E-state index in [1.54, 1.807) is 4.68 Å². The van der Waals surface area contributed by atoms with Gasteiger partial charge in [-0.3, -0.25) is 0 Å². The van der Waals surface area contributed by atoms with Crippen LogP contribution < -0.4 is 0 Å². The zero-order valence-corrected chi connectivity index (χ0v) is 15.7. The van der Waals surface area contributed by atoms with Gasteiger partial charge in [-0.05, 0) is 38.1 Å². The summed E-state index contributed by atoms with van der Waals surface area (Å²) >= 11 is 0. The molecule has 0 atom stereocenters. The normalized spacial score (nSPS) is 11.9. The number of nitrogens with zero attached hydrogens (tertiary/aromatic N) is 3. The maximum Gasteiger partial charge on any atom is 0.246 e. The first kappa shape index (κ1) is 18.3. The predicted octanol–water partition coefficient (Wildman–Crippen LogP) is 3.45. The van der Waals surface area contributed by atoms with E-state index in [0.29, 0.717) is 0 Å². The third-order valence-electron chi connectivity index (χ3n) is 4.35. The molecular weight excluding hydrogens is 353 g/mol. The lowest BCUT2D eigenvalue weighted by atomic mass is 10.2. The van der Waals surface area contributed by atoms with E-state index in [9.17, 15) is 12.8 Å². The van der Waals surface area contributed by atoms with Crippen LogP contribution in [0.5, 0.6) is 0 Å².